The first-order chi connectivity index (χ1) is 13.2. The van der Waals surface area contributed by atoms with Gasteiger partial charge >= 0.3 is 6.09 Å². The van der Waals surface area contributed by atoms with Crippen LogP contribution in [-0.4, -0.2) is 47.0 Å². The molecule has 3 fully saturated rings. The maximum atomic E-state index is 12.7. The van der Waals surface area contributed by atoms with Crippen molar-refractivity contribution in [2.45, 2.75) is 75.2 Å². The minimum absolute atomic E-state index is 0.234. The van der Waals surface area contributed by atoms with Gasteiger partial charge < -0.3 is 14.6 Å². The van der Waals surface area contributed by atoms with Gasteiger partial charge in [0, 0.05) is 12.8 Å². The summed E-state index contributed by atoms with van der Waals surface area (Å²) in [6.07, 6.45) is 2.19. The number of aliphatic hydroxyl groups is 1. The van der Waals surface area contributed by atoms with Crippen LogP contribution in [0.5, 0.6) is 0 Å². The van der Waals surface area contributed by atoms with Crippen LogP contribution in [0.15, 0.2) is 24.3 Å². The van der Waals surface area contributed by atoms with E-state index in [1.54, 1.807) is 4.90 Å². The number of hydrogen-bond acceptors (Lipinski definition) is 5. The third-order valence-electron chi connectivity index (χ3n) is 6.07. The number of rotatable bonds is 2. The van der Waals surface area contributed by atoms with Gasteiger partial charge in [0.15, 0.2) is 0 Å². The number of ether oxygens (including phenoxy) is 2. The van der Waals surface area contributed by atoms with Crippen molar-refractivity contribution in [1.29, 1.82) is 5.26 Å². The SMILES string of the molecule is CC(C)(C)OC(=O)N1C2COCC1CC(O)(c1cccc(C3(C#N)CC3)c1)C2. The van der Waals surface area contributed by atoms with Crippen LogP contribution in [0.25, 0.3) is 0 Å². The van der Waals surface area contributed by atoms with Gasteiger partial charge in [0.1, 0.15) is 5.60 Å². The summed E-state index contributed by atoms with van der Waals surface area (Å²) in [5.74, 6) is 0. The van der Waals surface area contributed by atoms with Crippen LogP contribution in [0.3, 0.4) is 0 Å². The summed E-state index contributed by atoms with van der Waals surface area (Å²) in [7, 11) is 0. The van der Waals surface area contributed by atoms with Crippen LogP contribution in [0.2, 0.25) is 0 Å². The average molecular weight is 384 g/mol. The monoisotopic (exact) mass is 384 g/mol. The number of nitriles is 1. The van der Waals surface area contributed by atoms with Crippen LogP contribution < -0.4 is 0 Å². The second-order valence-corrected chi connectivity index (χ2v) is 9.45. The Hall–Kier alpha value is -2.10. The topological polar surface area (TPSA) is 82.8 Å². The summed E-state index contributed by atoms with van der Waals surface area (Å²) in [5, 5.41) is 21.1. The fourth-order valence-corrected chi connectivity index (χ4v) is 4.52. The molecule has 0 aromatic heterocycles. The van der Waals surface area contributed by atoms with Crippen LogP contribution in [0.4, 0.5) is 4.79 Å². The van der Waals surface area contributed by atoms with Crippen molar-refractivity contribution < 1.29 is 19.4 Å². The molecule has 2 unspecified atom stereocenters. The zero-order valence-electron chi connectivity index (χ0n) is 16.8. The molecule has 0 radical (unpaired) electrons. The number of nitrogens with zero attached hydrogens (tertiary/aromatic N) is 2. The normalized spacial score (nSPS) is 31.0. The third-order valence-corrected chi connectivity index (χ3v) is 6.07. The van der Waals surface area contributed by atoms with Crippen LogP contribution >= 0.6 is 0 Å². The highest BCUT2D eigenvalue weighted by atomic mass is 16.6. The van der Waals surface area contributed by atoms with Crippen molar-refractivity contribution in [3.8, 4) is 6.07 Å². The van der Waals surface area contributed by atoms with E-state index in [-0.39, 0.29) is 23.6 Å². The summed E-state index contributed by atoms with van der Waals surface area (Å²) in [4.78, 5) is 14.5. The summed E-state index contributed by atoms with van der Waals surface area (Å²) in [6, 6.07) is 9.76. The molecule has 2 aliphatic heterocycles. The summed E-state index contributed by atoms with van der Waals surface area (Å²) < 4.78 is 11.3. The molecule has 0 spiro atoms. The molecule has 3 aliphatic rings. The Morgan fingerprint density at radius 2 is 1.86 bits per heavy atom. The number of piperidine rings is 1. The molecule has 6 nitrogen and oxygen atoms in total. The summed E-state index contributed by atoms with van der Waals surface area (Å²) in [5.41, 5.74) is -0.185. The number of benzene rings is 1. The summed E-state index contributed by atoms with van der Waals surface area (Å²) in [6.45, 7) is 6.34. The van der Waals surface area contributed by atoms with Crippen molar-refractivity contribution in [2.24, 2.45) is 0 Å². The zero-order valence-corrected chi connectivity index (χ0v) is 16.8. The first-order valence-corrected chi connectivity index (χ1v) is 10.00. The first kappa shape index (κ1) is 19.2. The molecule has 1 aromatic rings. The lowest BCUT2D eigenvalue weighted by molar-refractivity contribution is -0.141. The van der Waals surface area contributed by atoms with Crippen molar-refractivity contribution in [2.75, 3.05) is 13.2 Å². The molecule has 1 amide bonds. The van der Waals surface area contributed by atoms with E-state index in [2.05, 4.69) is 6.07 Å². The predicted octanol–water partition coefficient (Wildman–Crippen LogP) is 3.23. The van der Waals surface area contributed by atoms with Gasteiger partial charge in [-0.1, -0.05) is 24.3 Å². The van der Waals surface area contributed by atoms with Gasteiger partial charge in [-0.2, -0.15) is 5.26 Å². The van der Waals surface area contributed by atoms with Crippen LogP contribution in [0.1, 0.15) is 57.6 Å². The van der Waals surface area contributed by atoms with Gasteiger partial charge in [-0.3, -0.25) is 4.90 Å². The van der Waals surface area contributed by atoms with Gasteiger partial charge in [0.25, 0.3) is 0 Å². The van der Waals surface area contributed by atoms with Gasteiger partial charge in [0.2, 0.25) is 0 Å². The second-order valence-electron chi connectivity index (χ2n) is 9.45. The van der Waals surface area contributed by atoms with E-state index < -0.39 is 11.2 Å². The van der Waals surface area contributed by atoms with Crippen LogP contribution in [0, 0.1) is 11.3 Å². The van der Waals surface area contributed by atoms with E-state index in [1.807, 2.05) is 45.0 Å². The molecular formula is C22H28N2O4. The Kier molecular flexibility index (Phi) is 4.44. The number of carbonyl (C=O) groups excluding carboxylic acids is 1. The lowest BCUT2D eigenvalue weighted by Gasteiger charge is -2.51. The fourth-order valence-electron chi connectivity index (χ4n) is 4.52. The van der Waals surface area contributed by atoms with E-state index in [1.165, 1.54) is 0 Å². The number of amides is 1. The average Bonchev–Trinajstić information content (AvgIpc) is 3.41. The van der Waals surface area contributed by atoms with Crippen molar-refractivity contribution >= 4 is 6.09 Å². The number of hydrogen-bond donors (Lipinski definition) is 1. The molecule has 28 heavy (non-hydrogen) atoms. The van der Waals surface area contributed by atoms with E-state index >= 15 is 0 Å². The van der Waals surface area contributed by atoms with Crippen molar-refractivity contribution in [3.63, 3.8) is 0 Å². The minimum Gasteiger partial charge on any atom is -0.444 e. The highest BCUT2D eigenvalue weighted by molar-refractivity contribution is 5.69. The maximum Gasteiger partial charge on any atom is 0.410 e. The molecule has 2 heterocycles. The summed E-state index contributed by atoms with van der Waals surface area (Å²) >= 11 is 0. The van der Waals surface area contributed by atoms with E-state index in [4.69, 9.17) is 9.47 Å². The highest BCUT2D eigenvalue weighted by Crippen LogP contribution is 2.49. The van der Waals surface area contributed by atoms with Gasteiger partial charge in [-0.25, -0.2) is 4.79 Å². The van der Waals surface area contributed by atoms with Gasteiger partial charge in [-0.05, 0) is 44.7 Å². The van der Waals surface area contributed by atoms with E-state index in [0.29, 0.717) is 26.1 Å². The standard InChI is InChI=1S/C22H28N2O4/c1-20(2,3)28-19(25)24-17-10-22(26,11-18(24)13-27-12-17)16-6-4-5-15(9-16)21(14-23)7-8-21/h4-6,9,17-18,26H,7-8,10-13H2,1-3H3. The number of morpholine rings is 1. The first-order valence-electron chi connectivity index (χ1n) is 10.00. The lowest BCUT2D eigenvalue weighted by Crippen LogP contribution is -2.63. The molecule has 4 rings (SSSR count). The molecule has 6 heteroatoms. The zero-order chi connectivity index (χ0) is 20.2. The molecule has 150 valence electrons. The lowest BCUT2D eigenvalue weighted by atomic mass is 9.76. The third kappa shape index (κ3) is 3.38. The second kappa shape index (κ2) is 6.47. The fraction of sp³-hybridized carbons (Fsp3) is 0.636. The Bertz CT molecular complexity index is 805. The highest BCUT2D eigenvalue weighted by Gasteiger charge is 2.51. The largest absolute Gasteiger partial charge is 0.444 e. The molecule has 1 aromatic carbocycles. The number of fused-ring (bicyclic) bond motifs is 2. The maximum absolute atomic E-state index is 12.7. The molecule has 2 saturated heterocycles. The Morgan fingerprint density at radius 1 is 1.25 bits per heavy atom. The quantitative estimate of drug-likeness (QED) is 0.846. The molecule has 1 saturated carbocycles. The Morgan fingerprint density at radius 3 is 2.39 bits per heavy atom. The molecular weight excluding hydrogens is 356 g/mol. The molecule has 1 N–H and O–H groups in total. The number of carbonyl (C=O) groups is 1. The minimum atomic E-state index is -1.04. The van der Waals surface area contributed by atoms with Gasteiger partial charge in [0.05, 0.1) is 42.4 Å². The predicted molar refractivity (Wildman–Crippen MR) is 103 cm³/mol. The van der Waals surface area contributed by atoms with Crippen LogP contribution in [-0.2, 0) is 20.5 Å². The smallest absolute Gasteiger partial charge is 0.410 e. The molecule has 1 aliphatic carbocycles. The van der Waals surface area contributed by atoms with E-state index in [0.717, 1.165) is 24.0 Å². The Labute approximate surface area is 166 Å². The molecule has 2 atom stereocenters. The molecule has 2 bridgehead atoms. The van der Waals surface area contributed by atoms with Crippen molar-refractivity contribution in [1.82, 2.24) is 4.90 Å². The van der Waals surface area contributed by atoms with E-state index in [9.17, 15) is 15.2 Å². The van der Waals surface area contributed by atoms with Gasteiger partial charge in [-0.15, -0.1) is 0 Å². The van der Waals surface area contributed by atoms with Crippen molar-refractivity contribution in [3.05, 3.63) is 35.4 Å². The Balaban J connectivity index is 1.59.